The summed E-state index contributed by atoms with van der Waals surface area (Å²) in [6.45, 7) is 1.61. The summed E-state index contributed by atoms with van der Waals surface area (Å²) in [4.78, 5) is 14.5. The van der Waals surface area contributed by atoms with Crippen molar-refractivity contribution in [1.82, 2.24) is 4.98 Å². The summed E-state index contributed by atoms with van der Waals surface area (Å²) in [5.74, 6) is -0.292. The van der Waals surface area contributed by atoms with Crippen molar-refractivity contribution in [2.75, 3.05) is 0 Å². The average Bonchev–Trinajstić information content (AvgIpc) is 2.03. The van der Waals surface area contributed by atoms with E-state index in [1.807, 2.05) is 6.07 Å². The smallest absolute Gasteiger partial charge is 0.303 e. The third-order valence-electron chi connectivity index (χ3n) is 1.21. The Bertz CT molecular complexity index is 271. The van der Waals surface area contributed by atoms with Gasteiger partial charge < -0.3 is 4.74 Å². The normalized spacial score (nSPS) is 9.50. The highest BCUT2D eigenvalue weighted by Gasteiger charge is 1.96. The van der Waals surface area contributed by atoms with Crippen LogP contribution >= 0.6 is 15.9 Å². The molecule has 0 fully saturated rings. The summed E-state index contributed by atoms with van der Waals surface area (Å²) in [5, 5.41) is 0. The monoisotopic (exact) mass is 229 g/mol. The van der Waals surface area contributed by atoms with E-state index in [1.54, 1.807) is 12.3 Å². The van der Waals surface area contributed by atoms with Gasteiger partial charge in [-0.2, -0.15) is 0 Å². The van der Waals surface area contributed by atoms with Crippen LogP contribution in [0.25, 0.3) is 0 Å². The van der Waals surface area contributed by atoms with Crippen molar-refractivity contribution in [3.05, 3.63) is 28.5 Å². The summed E-state index contributed by atoms with van der Waals surface area (Å²) in [5.41, 5.74) is 0.744. The van der Waals surface area contributed by atoms with Crippen LogP contribution in [0.2, 0.25) is 0 Å². The van der Waals surface area contributed by atoms with Crippen LogP contribution in [0.1, 0.15) is 12.6 Å². The van der Waals surface area contributed by atoms with Gasteiger partial charge in [0.25, 0.3) is 0 Å². The van der Waals surface area contributed by atoms with Crippen molar-refractivity contribution in [3.63, 3.8) is 0 Å². The van der Waals surface area contributed by atoms with E-state index >= 15 is 0 Å². The van der Waals surface area contributed by atoms with Gasteiger partial charge in [-0.3, -0.25) is 9.78 Å². The average molecular weight is 230 g/mol. The quantitative estimate of drug-likeness (QED) is 0.728. The second-order valence-electron chi connectivity index (χ2n) is 2.25. The number of carbonyl (C=O) groups is 1. The maximum absolute atomic E-state index is 10.4. The van der Waals surface area contributed by atoms with Gasteiger partial charge in [0, 0.05) is 17.6 Å². The zero-order chi connectivity index (χ0) is 8.97. The van der Waals surface area contributed by atoms with Gasteiger partial charge in [-0.1, -0.05) is 0 Å². The number of nitrogens with zero attached hydrogens (tertiary/aromatic N) is 1. The van der Waals surface area contributed by atoms with Gasteiger partial charge in [0.1, 0.15) is 6.61 Å². The highest BCUT2D eigenvalue weighted by atomic mass is 79.9. The minimum Gasteiger partial charge on any atom is -0.459 e. The molecular weight excluding hydrogens is 222 g/mol. The topological polar surface area (TPSA) is 39.2 Å². The lowest BCUT2D eigenvalue weighted by Gasteiger charge is -2.00. The summed E-state index contributed by atoms with van der Waals surface area (Å²) in [7, 11) is 0. The number of hydrogen-bond donors (Lipinski definition) is 0. The first-order valence-electron chi connectivity index (χ1n) is 3.42. The second-order valence-corrected chi connectivity index (χ2v) is 3.16. The Morgan fingerprint density at radius 1 is 1.67 bits per heavy atom. The molecule has 0 aromatic carbocycles. The van der Waals surface area contributed by atoms with Gasteiger partial charge >= 0.3 is 5.97 Å². The van der Waals surface area contributed by atoms with Crippen LogP contribution in [-0.4, -0.2) is 11.0 Å². The summed E-state index contributed by atoms with van der Waals surface area (Å²) < 4.78 is 5.66. The standard InChI is InChI=1S/C8H8BrNO2/c1-6(11)12-5-8-3-2-7(9)4-10-8/h2-4H,5H2,1H3. The Balaban J connectivity index is 2.53. The van der Waals surface area contributed by atoms with E-state index in [-0.39, 0.29) is 12.6 Å². The third kappa shape index (κ3) is 3.00. The molecule has 0 atom stereocenters. The van der Waals surface area contributed by atoms with E-state index in [9.17, 15) is 4.79 Å². The number of hydrogen-bond acceptors (Lipinski definition) is 3. The molecule has 12 heavy (non-hydrogen) atoms. The molecule has 3 nitrogen and oxygen atoms in total. The van der Waals surface area contributed by atoms with E-state index in [0.29, 0.717) is 0 Å². The summed E-state index contributed by atoms with van der Waals surface area (Å²) >= 11 is 3.26. The van der Waals surface area contributed by atoms with Crippen LogP contribution in [0.3, 0.4) is 0 Å². The molecule has 1 heterocycles. The molecule has 1 rings (SSSR count). The van der Waals surface area contributed by atoms with Gasteiger partial charge in [-0.25, -0.2) is 0 Å². The lowest BCUT2D eigenvalue weighted by Crippen LogP contribution is -2.00. The van der Waals surface area contributed by atoms with Gasteiger partial charge in [0.15, 0.2) is 0 Å². The van der Waals surface area contributed by atoms with Gasteiger partial charge in [-0.15, -0.1) is 0 Å². The van der Waals surface area contributed by atoms with E-state index in [1.165, 1.54) is 6.92 Å². The molecule has 0 aliphatic rings. The minimum atomic E-state index is -0.292. The number of rotatable bonds is 2. The largest absolute Gasteiger partial charge is 0.459 e. The molecule has 0 saturated carbocycles. The van der Waals surface area contributed by atoms with Crippen molar-refractivity contribution in [1.29, 1.82) is 0 Å². The molecule has 0 amide bonds. The predicted molar refractivity (Wildman–Crippen MR) is 47.4 cm³/mol. The highest BCUT2D eigenvalue weighted by Crippen LogP contribution is 2.07. The van der Waals surface area contributed by atoms with Crippen LogP contribution < -0.4 is 0 Å². The van der Waals surface area contributed by atoms with E-state index in [4.69, 9.17) is 4.74 Å². The Morgan fingerprint density at radius 3 is 2.92 bits per heavy atom. The molecule has 0 N–H and O–H groups in total. The van der Waals surface area contributed by atoms with Crippen molar-refractivity contribution in [2.24, 2.45) is 0 Å². The fourth-order valence-corrected chi connectivity index (χ4v) is 0.902. The molecule has 0 spiro atoms. The molecule has 64 valence electrons. The SMILES string of the molecule is CC(=O)OCc1ccc(Br)cn1. The van der Waals surface area contributed by atoms with Crippen LogP contribution in [0, 0.1) is 0 Å². The number of pyridine rings is 1. The Kier molecular flexibility index (Phi) is 3.22. The number of halogens is 1. The third-order valence-corrected chi connectivity index (χ3v) is 1.68. The molecule has 0 bridgehead atoms. The summed E-state index contributed by atoms with van der Waals surface area (Å²) in [6.07, 6.45) is 1.67. The van der Waals surface area contributed by atoms with Crippen molar-refractivity contribution in [3.8, 4) is 0 Å². The molecule has 0 unspecified atom stereocenters. The Labute approximate surface area is 78.9 Å². The first kappa shape index (κ1) is 9.19. The maximum Gasteiger partial charge on any atom is 0.303 e. The zero-order valence-corrected chi connectivity index (χ0v) is 8.17. The van der Waals surface area contributed by atoms with Gasteiger partial charge in [0.05, 0.1) is 5.69 Å². The van der Waals surface area contributed by atoms with Gasteiger partial charge in [-0.05, 0) is 28.1 Å². The molecular formula is C8H8BrNO2. The van der Waals surface area contributed by atoms with E-state index in [2.05, 4.69) is 20.9 Å². The fourth-order valence-electron chi connectivity index (χ4n) is 0.667. The number of ether oxygens (including phenoxy) is 1. The number of aromatic nitrogens is 1. The van der Waals surface area contributed by atoms with Crippen molar-refractivity contribution < 1.29 is 9.53 Å². The van der Waals surface area contributed by atoms with Crippen LogP contribution in [0.15, 0.2) is 22.8 Å². The molecule has 0 saturated heterocycles. The van der Waals surface area contributed by atoms with Gasteiger partial charge in [0.2, 0.25) is 0 Å². The minimum absolute atomic E-state index is 0.239. The predicted octanol–water partition coefficient (Wildman–Crippen LogP) is 1.91. The van der Waals surface area contributed by atoms with Crippen molar-refractivity contribution in [2.45, 2.75) is 13.5 Å². The molecule has 0 aliphatic heterocycles. The molecule has 4 heteroatoms. The Morgan fingerprint density at radius 2 is 2.42 bits per heavy atom. The van der Waals surface area contributed by atoms with Crippen molar-refractivity contribution >= 4 is 21.9 Å². The second kappa shape index (κ2) is 4.21. The summed E-state index contributed by atoms with van der Waals surface area (Å²) in [6, 6.07) is 3.65. The zero-order valence-electron chi connectivity index (χ0n) is 6.58. The molecule has 1 aromatic heterocycles. The lowest BCUT2D eigenvalue weighted by atomic mass is 10.4. The first-order valence-corrected chi connectivity index (χ1v) is 4.21. The number of carbonyl (C=O) groups excluding carboxylic acids is 1. The molecule has 0 aliphatic carbocycles. The van der Waals surface area contributed by atoms with Crippen LogP contribution in [-0.2, 0) is 16.1 Å². The number of esters is 1. The maximum atomic E-state index is 10.4. The highest BCUT2D eigenvalue weighted by molar-refractivity contribution is 9.10. The van der Waals surface area contributed by atoms with E-state index < -0.39 is 0 Å². The van der Waals surface area contributed by atoms with Crippen LogP contribution in [0.4, 0.5) is 0 Å². The Hall–Kier alpha value is -0.900. The first-order chi connectivity index (χ1) is 5.68. The molecule has 0 radical (unpaired) electrons. The fraction of sp³-hybridized carbons (Fsp3) is 0.250. The van der Waals surface area contributed by atoms with Crippen LogP contribution in [0.5, 0.6) is 0 Å². The molecule has 1 aromatic rings. The lowest BCUT2D eigenvalue weighted by molar-refractivity contribution is -0.142. The van der Waals surface area contributed by atoms with E-state index in [0.717, 1.165) is 10.2 Å².